The molecule has 4 aromatic rings. The fourth-order valence-corrected chi connectivity index (χ4v) is 3.48. The van der Waals surface area contributed by atoms with Gasteiger partial charge in [0.1, 0.15) is 11.6 Å². The highest BCUT2D eigenvalue weighted by molar-refractivity contribution is 6.46. The van der Waals surface area contributed by atoms with Crippen molar-refractivity contribution in [1.82, 2.24) is 0 Å². The number of allylic oxidation sites excluding steroid dienone is 2. The lowest BCUT2D eigenvalue weighted by Gasteiger charge is -2.16. The van der Waals surface area contributed by atoms with Crippen LogP contribution in [0.4, 0.5) is 8.78 Å². The number of hydrogen-bond donors (Lipinski definition) is 0. The molecular formula is C28H18F2O2. The summed E-state index contributed by atoms with van der Waals surface area (Å²) in [6.07, 6.45) is 0. The fourth-order valence-electron chi connectivity index (χ4n) is 3.48. The van der Waals surface area contributed by atoms with E-state index in [2.05, 4.69) is 0 Å². The first kappa shape index (κ1) is 21.1. The van der Waals surface area contributed by atoms with Gasteiger partial charge in [-0.05, 0) is 47.5 Å². The lowest BCUT2D eigenvalue weighted by Crippen LogP contribution is -2.12. The molecule has 0 heterocycles. The highest BCUT2D eigenvalue weighted by Gasteiger charge is 2.26. The summed E-state index contributed by atoms with van der Waals surface area (Å²) in [7, 11) is 0. The van der Waals surface area contributed by atoms with Crippen molar-refractivity contribution in [2.45, 2.75) is 0 Å². The molecule has 4 heteroatoms. The van der Waals surface area contributed by atoms with Crippen LogP contribution in [0.1, 0.15) is 31.8 Å². The molecule has 0 aromatic heterocycles. The van der Waals surface area contributed by atoms with E-state index in [1.54, 1.807) is 54.6 Å². The highest BCUT2D eigenvalue weighted by Crippen LogP contribution is 2.32. The first-order chi connectivity index (χ1) is 15.5. The standard InChI is InChI=1S/C28H18F2O2/c29-23-15-11-20(12-16-23)26(28(32)22-13-17-24(30)18-14-22)25(19-7-3-1-4-8-19)27(31)21-9-5-2-6-10-21/h1-18H. The summed E-state index contributed by atoms with van der Waals surface area (Å²) in [5.74, 6) is -1.73. The summed E-state index contributed by atoms with van der Waals surface area (Å²) < 4.78 is 27.1. The quantitative estimate of drug-likeness (QED) is 0.197. The van der Waals surface area contributed by atoms with Crippen molar-refractivity contribution in [3.8, 4) is 0 Å². The van der Waals surface area contributed by atoms with Gasteiger partial charge in [0.05, 0.1) is 0 Å². The average Bonchev–Trinajstić information content (AvgIpc) is 2.84. The Balaban J connectivity index is 2.02. The van der Waals surface area contributed by atoms with Crippen molar-refractivity contribution >= 4 is 22.7 Å². The van der Waals surface area contributed by atoms with Crippen LogP contribution in [0.15, 0.2) is 109 Å². The van der Waals surface area contributed by atoms with Crippen LogP contribution < -0.4 is 0 Å². The van der Waals surface area contributed by atoms with Gasteiger partial charge in [-0.2, -0.15) is 0 Å². The zero-order valence-electron chi connectivity index (χ0n) is 17.0. The van der Waals surface area contributed by atoms with Crippen molar-refractivity contribution in [1.29, 1.82) is 0 Å². The predicted octanol–water partition coefficient (Wildman–Crippen LogP) is 6.64. The minimum atomic E-state index is -0.475. The summed E-state index contributed by atoms with van der Waals surface area (Å²) in [6.45, 7) is 0. The molecule has 0 radical (unpaired) electrons. The van der Waals surface area contributed by atoms with Crippen LogP contribution in [0, 0.1) is 11.6 Å². The van der Waals surface area contributed by atoms with E-state index in [-0.39, 0.29) is 22.5 Å². The molecule has 156 valence electrons. The molecule has 4 aromatic carbocycles. The van der Waals surface area contributed by atoms with Gasteiger partial charge in [0.25, 0.3) is 0 Å². The van der Waals surface area contributed by atoms with Gasteiger partial charge < -0.3 is 0 Å². The van der Waals surface area contributed by atoms with E-state index in [1.807, 2.05) is 6.07 Å². The minimum absolute atomic E-state index is 0.122. The summed E-state index contributed by atoms with van der Waals surface area (Å²) in [6, 6.07) is 28.0. The maximum absolute atomic E-state index is 13.7. The third-order valence-electron chi connectivity index (χ3n) is 5.04. The predicted molar refractivity (Wildman–Crippen MR) is 121 cm³/mol. The van der Waals surface area contributed by atoms with Crippen LogP contribution in [0.25, 0.3) is 11.1 Å². The number of Topliss-reactive ketones (excluding diaryl/α,β-unsaturated/α-hetero) is 2. The SMILES string of the molecule is O=C(C(=C(C(=O)c1ccc(F)cc1)c1ccc(F)cc1)c1ccccc1)c1ccccc1. The van der Waals surface area contributed by atoms with Gasteiger partial charge in [-0.15, -0.1) is 0 Å². The van der Waals surface area contributed by atoms with E-state index >= 15 is 0 Å². The number of hydrogen-bond acceptors (Lipinski definition) is 2. The Bertz CT molecular complexity index is 1280. The normalized spacial score (nSPS) is 11.6. The Kier molecular flexibility index (Phi) is 6.13. The van der Waals surface area contributed by atoms with Crippen molar-refractivity contribution < 1.29 is 18.4 Å². The Labute approximate surface area is 184 Å². The number of halogens is 2. The second kappa shape index (κ2) is 9.31. The van der Waals surface area contributed by atoms with E-state index in [0.29, 0.717) is 16.7 Å². The second-order valence-corrected chi connectivity index (χ2v) is 7.15. The molecule has 0 aliphatic carbocycles. The summed E-state index contributed by atoms with van der Waals surface area (Å²) >= 11 is 0. The monoisotopic (exact) mass is 424 g/mol. The van der Waals surface area contributed by atoms with Crippen LogP contribution >= 0.6 is 0 Å². The van der Waals surface area contributed by atoms with Crippen molar-refractivity contribution in [2.75, 3.05) is 0 Å². The number of rotatable bonds is 6. The van der Waals surface area contributed by atoms with Gasteiger partial charge in [0.15, 0.2) is 11.6 Å². The Morgan fingerprint density at radius 1 is 0.406 bits per heavy atom. The highest BCUT2D eigenvalue weighted by atomic mass is 19.1. The van der Waals surface area contributed by atoms with Crippen LogP contribution in [-0.4, -0.2) is 11.6 Å². The number of carbonyl (C=O) groups is 2. The summed E-state index contributed by atoms with van der Waals surface area (Å²) in [5, 5.41) is 0. The molecule has 0 aliphatic heterocycles. The van der Waals surface area contributed by atoms with E-state index < -0.39 is 17.4 Å². The van der Waals surface area contributed by atoms with Gasteiger partial charge >= 0.3 is 0 Å². The van der Waals surface area contributed by atoms with E-state index in [0.717, 1.165) is 0 Å². The molecule has 0 fully saturated rings. The molecule has 0 unspecified atom stereocenters. The van der Waals surface area contributed by atoms with Gasteiger partial charge in [0, 0.05) is 22.3 Å². The topological polar surface area (TPSA) is 34.1 Å². The zero-order valence-corrected chi connectivity index (χ0v) is 17.0. The van der Waals surface area contributed by atoms with Gasteiger partial charge in [-0.25, -0.2) is 8.78 Å². The van der Waals surface area contributed by atoms with Crippen LogP contribution in [0.3, 0.4) is 0 Å². The maximum atomic E-state index is 13.7. The van der Waals surface area contributed by atoms with Gasteiger partial charge in [0.2, 0.25) is 0 Å². The Hall–Kier alpha value is -4.18. The fraction of sp³-hybridized carbons (Fsp3) is 0. The first-order valence-electron chi connectivity index (χ1n) is 10.0. The molecule has 0 saturated carbocycles. The molecule has 32 heavy (non-hydrogen) atoms. The van der Waals surface area contributed by atoms with E-state index in [9.17, 15) is 18.4 Å². The molecule has 2 nitrogen and oxygen atoms in total. The van der Waals surface area contributed by atoms with Crippen LogP contribution in [0.5, 0.6) is 0 Å². The lowest BCUT2D eigenvalue weighted by molar-refractivity contribution is 0.103. The van der Waals surface area contributed by atoms with E-state index in [4.69, 9.17) is 0 Å². The molecular weight excluding hydrogens is 406 g/mol. The number of benzene rings is 4. The molecule has 0 bridgehead atoms. The zero-order chi connectivity index (χ0) is 22.5. The largest absolute Gasteiger partial charge is 0.289 e. The maximum Gasteiger partial charge on any atom is 0.194 e. The average molecular weight is 424 g/mol. The Morgan fingerprint density at radius 2 is 0.719 bits per heavy atom. The molecule has 0 aliphatic rings. The van der Waals surface area contributed by atoms with Gasteiger partial charge in [-0.1, -0.05) is 72.8 Å². The number of ketones is 2. The first-order valence-corrected chi connectivity index (χ1v) is 10.0. The van der Waals surface area contributed by atoms with Crippen LogP contribution in [-0.2, 0) is 0 Å². The summed E-state index contributed by atoms with van der Waals surface area (Å²) in [5.41, 5.74) is 1.90. The van der Waals surface area contributed by atoms with Crippen molar-refractivity contribution in [2.24, 2.45) is 0 Å². The third kappa shape index (κ3) is 4.44. The molecule has 0 N–H and O–H groups in total. The molecule has 0 amide bonds. The van der Waals surface area contributed by atoms with E-state index in [1.165, 1.54) is 48.5 Å². The lowest BCUT2D eigenvalue weighted by atomic mass is 9.85. The van der Waals surface area contributed by atoms with Crippen LogP contribution in [0.2, 0.25) is 0 Å². The molecule has 0 spiro atoms. The minimum Gasteiger partial charge on any atom is -0.289 e. The third-order valence-corrected chi connectivity index (χ3v) is 5.04. The second-order valence-electron chi connectivity index (χ2n) is 7.15. The van der Waals surface area contributed by atoms with Crippen molar-refractivity contribution in [3.63, 3.8) is 0 Å². The number of carbonyl (C=O) groups excluding carboxylic acids is 2. The van der Waals surface area contributed by atoms with Crippen molar-refractivity contribution in [3.05, 3.63) is 143 Å². The Morgan fingerprint density at radius 3 is 1.16 bits per heavy atom. The van der Waals surface area contributed by atoms with Gasteiger partial charge in [-0.3, -0.25) is 9.59 Å². The molecule has 0 saturated heterocycles. The smallest absolute Gasteiger partial charge is 0.194 e. The molecule has 4 rings (SSSR count). The summed E-state index contributed by atoms with van der Waals surface area (Å²) in [4.78, 5) is 27.3. The molecule has 0 atom stereocenters.